The Morgan fingerprint density at radius 2 is 2.19 bits per heavy atom. The van der Waals surface area contributed by atoms with Crippen molar-refractivity contribution in [2.75, 3.05) is 7.11 Å². The number of benzene rings is 1. The topological polar surface area (TPSA) is 63.6 Å². The van der Waals surface area contributed by atoms with Crippen LogP contribution in [0.2, 0.25) is 0 Å². The van der Waals surface area contributed by atoms with E-state index in [0.717, 1.165) is 11.1 Å². The molecular formula is C16H14O4S. The molecule has 21 heavy (non-hydrogen) atoms. The van der Waals surface area contributed by atoms with Crippen LogP contribution in [-0.4, -0.2) is 24.0 Å². The van der Waals surface area contributed by atoms with Gasteiger partial charge < -0.3 is 9.84 Å². The van der Waals surface area contributed by atoms with Crippen LogP contribution >= 0.6 is 11.3 Å². The van der Waals surface area contributed by atoms with Gasteiger partial charge >= 0.3 is 5.97 Å². The Kier molecular flexibility index (Phi) is 3.51. The number of carbonyl (C=O) groups is 2. The van der Waals surface area contributed by atoms with E-state index in [4.69, 9.17) is 4.74 Å². The molecule has 0 saturated carbocycles. The van der Waals surface area contributed by atoms with E-state index in [-0.39, 0.29) is 23.4 Å². The Balaban J connectivity index is 2.00. The number of phenols is 1. The monoisotopic (exact) mass is 302 g/mol. The van der Waals surface area contributed by atoms with Crippen LogP contribution in [0.3, 0.4) is 0 Å². The number of ether oxygens (including phenoxy) is 1. The molecule has 1 heterocycles. The van der Waals surface area contributed by atoms with Gasteiger partial charge in [-0.2, -0.15) is 0 Å². The normalized spacial score (nSPS) is 16.5. The van der Waals surface area contributed by atoms with Crippen molar-refractivity contribution in [2.45, 2.75) is 18.8 Å². The summed E-state index contributed by atoms with van der Waals surface area (Å²) in [6.45, 7) is 0. The van der Waals surface area contributed by atoms with E-state index in [9.17, 15) is 14.7 Å². The molecule has 1 aromatic carbocycles. The molecule has 4 nitrogen and oxygen atoms in total. The number of aromatic hydroxyl groups is 1. The molecule has 1 N–H and O–H groups in total. The average molecular weight is 302 g/mol. The van der Waals surface area contributed by atoms with E-state index >= 15 is 0 Å². The van der Waals surface area contributed by atoms with Crippen LogP contribution in [0.4, 0.5) is 0 Å². The van der Waals surface area contributed by atoms with Crippen LogP contribution in [0.5, 0.6) is 5.75 Å². The fourth-order valence-corrected chi connectivity index (χ4v) is 3.43. The van der Waals surface area contributed by atoms with Crippen molar-refractivity contribution in [3.05, 3.63) is 51.2 Å². The molecule has 108 valence electrons. The predicted molar refractivity (Wildman–Crippen MR) is 78.9 cm³/mol. The first-order valence-electron chi connectivity index (χ1n) is 6.63. The van der Waals surface area contributed by atoms with Crippen molar-refractivity contribution in [1.29, 1.82) is 0 Å². The minimum Gasteiger partial charge on any atom is -0.507 e. The number of carbonyl (C=O) groups excluding carboxylic acids is 2. The number of fused-ring (bicyclic) bond motifs is 1. The molecule has 1 aromatic heterocycles. The van der Waals surface area contributed by atoms with Gasteiger partial charge in [-0.15, -0.1) is 11.3 Å². The smallest absolute Gasteiger partial charge is 0.313 e. The van der Waals surface area contributed by atoms with Crippen LogP contribution in [0.25, 0.3) is 0 Å². The Hall–Kier alpha value is -2.14. The largest absolute Gasteiger partial charge is 0.507 e. The zero-order chi connectivity index (χ0) is 15.0. The van der Waals surface area contributed by atoms with Gasteiger partial charge in [0.15, 0.2) is 0 Å². The maximum absolute atomic E-state index is 12.4. The average Bonchev–Trinajstić information content (AvgIpc) is 3.14. The lowest BCUT2D eigenvalue weighted by Gasteiger charge is -2.11. The van der Waals surface area contributed by atoms with Gasteiger partial charge in [-0.05, 0) is 47.5 Å². The molecule has 0 amide bonds. The van der Waals surface area contributed by atoms with Crippen molar-refractivity contribution >= 4 is 23.1 Å². The van der Waals surface area contributed by atoms with Gasteiger partial charge in [0.05, 0.1) is 23.5 Å². The number of phenolic OH excluding ortho intramolecular Hbond substituents is 1. The van der Waals surface area contributed by atoms with Crippen LogP contribution in [0, 0.1) is 0 Å². The van der Waals surface area contributed by atoms with Crippen LogP contribution in [0.1, 0.15) is 38.7 Å². The van der Waals surface area contributed by atoms with Gasteiger partial charge in [-0.1, -0.05) is 6.07 Å². The van der Waals surface area contributed by atoms with E-state index in [1.165, 1.54) is 24.5 Å². The molecular weight excluding hydrogens is 288 g/mol. The summed E-state index contributed by atoms with van der Waals surface area (Å²) in [5.74, 6) is -0.915. The predicted octanol–water partition coefficient (Wildman–Crippen LogP) is 2.89. The molecule has 0 aliphatic heterocycles. The summed E-state index contributed by atoms with van der Waals surface area (Å²) in [6, 6.07) is 6.77. The third kappa shape index (κ3) is 2.34. The molecule has 1 aliphatic carbocycles. The van der Waals surface area contributed by atoms with E-state index in [2.05, 4.69) is 0 Å². The number of aryl methyl sites for hydroxylation is 1. The highest BCUT2D eigenvalue weighted by Crippen LogP contribution is 2.38. The second-order valence-corrected chi connectivity index (χ2v) is 5.94. The first kappa shape index (κ1) is 13.8. The number of hydrogen-bond acceptors (Lipinski definition) is 5. The van der Waals surface area contributed by atoms with E-state index in [1.54, 1.807) is 18.2 Å². The molecule has 0 saturated heterocycles. The highest BCUT2D eigenvalue weighted by molar-refractivity contribution is 7.12. The minimum absolute atomic E-state index is 0.0806. The summed E-state index contributed by atoms with van der Waals surface area (Å²) in [5, 5.41) is 12.0. The summed E-state index contributed by atoms with van der Waals surface area (Å²) in [4.78, 5) is 24.7. The van der Waals surface area contributed by atoms with Gasteiger partial charge in [0.25, 0.3) is 0 Å². The quantitative estimate of drug-likeness (QED) is 0.699. The maximum Gasteiger partial charge on any atom is 0.313 e. The van der Waals surface area contributed by atoms with Crippen LogP contribution in [-0.2, 0) is 16.0 Å². The summed E-state index contributed by atoms with van der Waals surface area (Å²) in [5.41, 5.74) is 1.99. The van der Waals surface area contributed by atoms with Crippen molar-refractivity contribution < 1.29 is 19.4 Å². The van der Waals surface area contributed by atoms with Gasteiger partial charge in [-0.25, -0.2) is 0 Å². The summed E-state index contributed by atoms with van der Waals surface area (Å²) < 4.78 is 4.78. The second kappa shape index (κ2) is 5.33. The summed E-state index contributed by atoms with van der Waals surface area (Å²) >= 11 is 1.34. The number of rotatable bonds is 3. The zero-order valence-corrected chi connectivity index (χ0v) is 12.3. The van der Waals surface area contributed by atoms with E-state index < -0.39 is 0 Å². The number of hydrogen-bond donors (Lipinski definition) is 1. The molecule has 0 radical (unpaired) electrons. The Labute approximate surface area is 126 Å². The standard InChI is InChI=1S/C16H14O4S/c1-20-16(19)10-5-4-9-7-12(13(17)8-11(9)10)15(18)14-3-2-6-21-14/h2-3,6-8,10,17H,4-5H2,1H3. The maximum atomic E-state index is 12.4. The van der Waals surface area contributed by atoms with Gasteiger partial charge in [0, 0.05) is 0 Å². The Bertz CT molecular complexity index is 703. The molecule has 1 unspecified atom stereocenters. The molecule has 5 heteroatoms. The summed E-state index contributed by atoms with van der Waals surface area (Å²) in [7, 11) is 1.36. The number of ketones is 1. The minimum atomic E-state index is -0.346. The van der Waals surface area contributed by atoms with E-state index in [0.29, 0.717) is 23.3 Å². The molecule has 0 spiro atoms. The number of thiophene rings is 1. The van der Waals surface area contributed by atoms with Crippen molar-refractivity contribution in [1.82, 2.24) is 0 Å². The van der Waals surface area contributed by atoms with Crippen LogP contribution < -0.4 is 0 Å². The van der Waals surface area contributed by atoms with Crippen molar-refractivity contribution in [2.24, 2.45) is 0 Å². The van der Waals surface area contributed by atoms with Gasteiger partial charge in [0.1, 0.15) is 5.75 Å². The molecule has 0 fully saturated rings. The molecule has 1 atom stereocenters. The van der Waals surface area contributed by atoms with Gasteiger partial charge in [-0.3, -0.25) is 9.59 Å². The molecule has 0 bridgehead atoms. The lowest BCUT2D eigenvalue weighted by atomic mass is 9.97. The number of esters is 1. The Morgan fingerprint density at radius 1 is 1.38 bits per heavy atom. The molecule has 2 aromatic rings. The highest BCUT2D eigenvalue weighted by atomic mass is 32.1. The SMILES string of the molecule is COC(=O)C1CCc2cc(C(=O)c3cccs3)c(O)cc21. The lowest BCUT2D eigenvalue weighted by Crippen LogP contribution is -2.11. The third-order valence-corrected chi connectivity index (χ3v) is 4.68. The van der Waals surface area contributed by atoms with E-state index in [1.807, 2.05) is 5.38 Å². The van der Waals surface area contributed by atoms with Crippen LogP contribution in [0.15, 0.2) is 29.6 Å². The lowest BCUT2D eigenvalue weighted by molar-refractivity contribution is -0.142. The highest BCUT2D eigenvalue weighted by Gasteiger charge is 2.31. The van der Waals surface area contributed by atoms with Gasteiger partial charge in [0.2, 0.25) is 5.78 Å². The third-order valence-electron chi connectivity index (χ3n) is 3.81. The second-order valence-electron chi connectivity index (χ2n) is 4.99. The fraction of sp³-hybridized carbons (Fsp3) is 0.250. The first-order chi connectivity index (χ1) is 10.1. The fourth-order valence-electron chi connectivity index (χ4n) is 2.75. The molecule has 1 aliphatic rings. The summed E-state index contributed by atoms with van der Waals surface area (Å²) in [6.07, 6.45) is 1.36. The first-order valence-corrected chi connectivity index (χ1v) is 7.51. The zero-order valence-electron chi connectivity index (χ0n) is 11.5. The Morgan fingerprint density at radius 3 is 2.86 bits per heavy atom. The molecule has 3 rings (SSSR count). The number of methoxy groups -OCH3 is 1. The van der Waals surface area contributed by atoms with Crippen molar-refractivity contribution in [3.63, 3.8) is 0 Å². The van der Waals surface area contributed by atoms with Crippen molar-refractivity contribution in [3.8, 4) is 5.75 Å².